The van der Waals surface area contributed by atoms with Crippen molar-refractivity contribution < 1.29 is 9.18 Å². The zero-order chi connectivity index (χ0) is 14.8. The minimum atomic E-state index is -0.428. The van der Waals surface area contributed by atoms with Crippen molar-refractivity contribution in [1.82, 2.24) is 14.3 Å². The van der Waals surface area contributed by atoms with Crippen LogP contribution in [0.4, 0.5) is 10.1 Å². The number of hydrogen-bond donors (Lipinski definition) is 1. The molecule has 1 aromatic carbocycles. The fraction of sp³-hybridized carbons (Fsp3) is 0.357. The average molecular weight is 290 g/mol. The molecule has 1 aromatic heterocycles. The zero-order valence-corrected chi connectivity index (χ0v) is 11.4. The Morgan fingerprint density at radius 2 is 2.24 bits per heavy atom. The number of nitrogens with zero attached hydrogens (tertiary/aromatic N) is 3. The van der Waals surface area contributed by atoms with Gasteiger partial charge in [0.1, 0.15) is 18.2 Å². The molecule has 1 aliphatic rings. The van der Waals surface area contributed by atoms with Crippen LogP contribution in [-0.2, 0) is 24.3 Å². The van der Waals surface area contributed by atoms with Crippen molar-refractivity contribution in [3.8, 4) is 0 Å². The van der Waals surface area contributed by atoms with Crippen molar-refractivity contribution in [1.29, 1.82) is 0 Å². The molecule has 7 heteroatoms. The van der Waals surface area contributed by atoms with E-state index in [1.54, 1.807) is 10.6 Å². The van der Waals surface area contributed by atoms with Gasteiger partial charge in [0.15, 0.2) is 0 Å². The first-order valence-corrected chi connectivity index (χ1v) is 6.85. The van der Waals surface area contributed by atoms with E-state index in [1.807, 2.05) is 0 Å². The molecule has 110 valence electrons. The third kappa shape index (κ3) is 2.86. The lowest BCUT2D eigenvalue weighted by molar-refractivity contribution is -0.117. The molecule has 3 rings (SSSR count). The Kier molecular flexibility index (Phi) is 3.55. The molecule has 6 nitrogen and oxygen atoms in total. The van der Waals surface area contributed by atoms with Gasteiger partial charge in [-0.1, -0.05) is 6.07 Å². The van der Waals surface area contributed by atoms with Crippen molar-refractivity contribution in [2.24, 2.45) is 0 Å². The number of anilines is 1. The van der Waals surface area contributed by atoms with Gasteiger partial charge >= 0.3 is 5.69 Å². The summed E-state index contributed by atoms with van der Waals surface area (Å²) < 4.78 is 15.8. The van der Waals surface area contributed by atoms with Crippen LogP contribution in [-0.4, -0.2) is 20.3 Å². The summed E-state index contributed by atoms with van der Waals surface area (Å²) in [5.74, 6) is -0.106. The Labute approximate surface area is 120 Å². The van der Waals surface area contributed by atoms with E-state index < -0.39 is 11.7 Å². The predicted octanol–water partition coefficient (Wildman–Crippen LogP) is 1.16. The first-order chi connectivity index (χ1) is 10.1. The number of amides is 1. The summed E-state index contributed by atoms with van der Waals surface area (Å²) in [4.78, 5) is 24.0. The fourth-order valence-corrected chi connectivity index (χ4v) is 2.45. The van der Waals surface area contributed by atoms with Crippen LogP contribution in [0.15, 0.2) is 29.1 Å². The molecule has 1 amide bonds. The number of aryl methyl sites for hydroxylation is 1. The van der Waals surface area contributed by atoms with Crippen LogP contribution in [0.1, 0.15) is 18.7 Å². The van der Waals surface area contributed by atoms with Crippen LogP contribution in [0.2, 0.25) is 0 Å². The van der Waals surface area contributed by atoms with Gasteiger partial charge < -0.3 is 5.32 Å². The third-order valence-electron chi connectivity index (χ3n) is 3.43. The minimum Gasteiger partial charge on any atom is -0.324 e. The molecule has 1 aliphatic heterocycles. The van der Waals surface area contributed by atoms with Gasteiger partial charge in [0, 0.05) is 18.7 Å². The summed E-state index contributed by atoms with van der Waals surface area (Å²) in [5.41, 5.74) is 0.0936. The monoisotopic (exact) mass is 290 g/mol. The molecule has 0 atom stereocenters. The number of benzene rings is 1. The fourth-order valence-electron chi connectivity index (χ4n) is 2.45. The summed E-state index contributed by atoms with van der Waals surface area (Å²) in [5, 5.41) is 6.73. The van der Waals surface area contributed by atoms with E-state index in [-0.39, 0.29) is 12.2 Å². The Morgan fingerprint density at radius 3 is 3.00 bits per heavy atom. The van der Waals surface area contributed by atoms with Gasteiger partial charge in [-0.05, 0) is 31.0 Å². The molecule has 21 heavy (non-hydrogen) atoms. The standard InChI is InChI=1S/C14H15FN4O2/c15-10-4-3-5-11(8-10)16-13(20)9-19-14(21)18-7-2-1-6-12(18)17-19/h3-5,8H,1-2,6-7,9H2,(H,16,20). The maximum Gasteiger partial charge on any atom is 0.346 e. The highest BCUT2D eigenvalue weighted by atomic mass is 19.1. The summed E-state index contributed by atoms with van der Waals surface area (Å²) in [6.07, 6.45) is 2.72. The molecule has 0 unspecified atom stereocenters. The number of hydrogen-bond acceptors (Lipinski definition) is 3. The second-order valence-electron chi connectivity index (χ2n) is 5.02. The molecule has 2 heterocycles. The van der Waals surface area contributed by atoms with Crippen molar-refractivity contribution in [3.05, 3.63) is 46.4 Å². The van der Waals surface area contributed by atoms with E-state index in [0.29, 0.717) is 12.2 Å². The summed E-state index contributed by atoms with van der Waals surface area (Å²) in [7, 11) is 0. The molecule has 0 saturated carbocycles. The maximum atomic E-state index is 13.0. The van der Waals surface area contributed by atoms with Crippen molar-refractivity contribution >= 4 is 11.6 Å². The van der Waals surface area contributed by atoms with E-state index in [4.69, 9.17) is 0 Å². The molecule has 0 bridgehead atoms. The number of nitrogens with one attached hydrogen (secondary N) is 1. The Morgan fingerprint density at radius 1 is 1.38 bits per heavy atom. The lowest BCUT2D eigenvalue weighted by Gasteiger charge is -2.09. The molecular formula is C14H15FN4O2. The Hall–Kier alpha value is -2.44. The maximum absolute atomic E-state index is 13.0. The number of carbonyl (C=O) groups is 1. The van der Waals surface area contributed by atoms with Gasteiger partial charge in [0.05, 0.1) is 0 Å². The second-order valence-corrected chi connectivity index (χ2v) is 5.02. The normalized spacial score (nSPS) is 13.8. The first-order valence-electron chi connectivity index (χ1n) is 6.85. The highest BCUT2D eigenvalue weighted by molar-refractivity contribution is 5.90. The molecule has 2 aromatic rings. The minimum absolute atomic E-state index is 0.171. The Balaban J connectivity index is 1.73. The van der Waals surface area contributed by atoms with Crippen molar-refractivity contribution in [3.63, 3.8) is 0 Å². The molecule has 0 fully saturated rings. The van der Waals surface area contributed by atoms with Crippen LogP contribution >= 0.6 is 0 Å². The van der Waals surface area contributed by atoms with Crippen molar-refractivity contribution in [2.45, 2.75) is 32.4 Å². The van der Waals surface area contributed by atoms with Crippen LogP contribution < -0.4 is 11.0 Å². The molecule has 1 N–H and O–H groups in total. The van der Waals surface area contributed by atoms with E-state index in [1.165, 1.54) is 18.2 Å². The highest BCUT2D eigenvalue weighted by Gasteiger charge is 2.18. The number of carbonyl (C=O) groups excluding carboxylic acids is 1. The first kappa shape index (κ1) is 13.5. The molecule has 0 saturated heterocycles. The molecule has 0 spiro atoms. The van der Waals surface area contributed by atoms with Gasteiger partial charge in [-0.15, -0.1) is 0 Å². The van der Waals surface area contributed by atoms with E-state index in [0.717, 1.165) is 29.8 Å². The largest absolute Gasteiger partial charge is 0.346 e. The van der Waals surface area contributed by atoms with Gasteiger partial charge in [0.25, 0.3) is 0 Å². The van der Waals surface area contributed by atoms with Gasteiger partial charge in [-0.2, -0.15) is 5.10 Å². The van der Waals surface area contributed by atoms with Gasteiger partial charge in [0.2, 0.25) is 5.91 Å². The van der Waals surface area contributed by atoms with E-state index in [9.17, 15) is 14.0 Å². The summed E-state index contributed by atoms with van der Waals surface area (Å²) >= 11 is 0. The summed E-state index contributed by atoms with van der Waals surface area (Å²) in [6.45, 7) is 0.481. The van der Waals surface area contributed by atoms with Crippen molar-refractivity contribution in [2.75, 3.05) is 5.32 Å². The topological polar surface area (TPSA) is 68.9 Å². The van der Waals surface area contributed by atoms with Crippen LogP contribution in [0, 0.1) is 5.82 Å². The lowest BCUT2D eigenvalue weighted by atomic mass is 10.2. The molecule has 0 radical (unpaired) electrons. The van der Waals surface area contributed by atoms with Crippen LogP contribution in [0.25, 0.3) is 0 Å². The smallest absolute Gasteiger partial charge is 0.324 e. The number of halogens is 1. The van der Waals surface area contributed by atoms with Gasteiger partial charge in [-0.3, -0.25) is 9.36 Å². The SMILES string of the molecule is O=C(Cn1nc2n(c1=O)CCCC2)Nc1cccc(F)c1. The van der Waals surface area contributed by atoms with Crippen LogP contribution in [0.3, 0.4) is 0 Å². The second kappa shape index (κ2) is 5.51. The lowest BCUT2D eigenvalue weighted by Crippen LogP contribution is -2.30. The van der Waals surface area contributed by atoms with Crippen LogP contribution in [0.5, 0.6) is 0 Å². The highest BCUT2D eigenvalue weighted by Crippen LogP contribution is 2.10. The summed E-state index contributed by atoms with van der Waals surface area (Å²) in [6, 6.07) is 5.61. The number of fused-ring (bicyclic) bond motifs is 1. The quantitative estimate of drug-likeness (QED) is 0.922. The number of aromatic nitrogens is 3. The Bertz CT molecular complexity index is 735. The number of rotatable bonds is 3. The predicted molar refractivity (Wildman–Crippen MR) is 74.5 cm³/mol. The average Bonchev–Trinajstić information content (AvgIpc) is 2.76. The molecular weight excluding hydrogens is 275 g/mol. The van der Waals surface area contributed by atoms with Gasteiger partial charge in [-0.25, -0.2) is 13.9 Å². The molecule has 0 aliphatic carbocycles. The third-order valence-corrected chi connectivity index (χ3v) is 3.43. The van der Waals surface area contributed by atoms with E-state index in [2.05, 4.69) is 10.4 Å². The van der Waals surface area contributed by atoms with E-state index >= 15 is 0 Å². The zero-order valence-electron chi connectivity index (χ0n) is 11.4.